The summed E-state index contributed by atoms with van der Waals surface area (Å²) >= 11 is 0. The van der Waals surface area contributed by atoms with Crippen molar-refractivity contribution in [2.45, 2.75) is 58.3 Å². The highest BCUT2D eigenvalue weighted by molar-refractivity contribution is 5.08. The van der Waals surface area contributed by atoms with Crippen LogP contribution in [-0.2, 0) is 17.8 Å². The van der Waals surface area contributed by atoms with E-state index < -0.39 is 0 Å². The molecule has 1 saturated heterocycles. The van der Waals surface area contributed by atoms with E-state index in [2.05, 4.69) is 36.2 Å². The van der Waals surface area contributed by atoms with Crippen LogP contribution in [0.4, 0.5) is 0 Å². The van der Waals surface area contributed by atoms with Crippen LogP contribution in [-0.4, -0.2) is 36.7 Å². The fourth-order valence-corrected chi connectivity index (χ4v) is 3.49. The molecule has 3 rings (SSSR count). The predicted molar refractivity (Wildman–Crippen MR) is 83.0 cm³/mol. The van der Waals surface area contributed by atoms with Gasteiger partial charge in [-0.2, -0.15) is 0 Å². The van der Waals surface area contributed by atoms with E-state index in [1.165, 1.54) is 19.3 Å². The van der Waals surface area contributed by atoms with Gasteiger partial charge in [0, 0.05) is 12.6 Å². The van der Waals surface area contributed by atoms with Crippen molar-refractivity contribution in [2.24, 2.45) is 5.92 Å². The molecule has 2 unspecified atom stereocenters. The summed E-state index contributed by atoms with van der Waals surface area (Å²) in [5.74, 6) is 2.80. The van der Waals surface area contributed by atoms with Gasteiger partial charge < -0.3 is 14.5 Å². The quantitative estimate of drug-likeness (QED) is 0.875. The van der Waals surface area contributed by atoms with E-state index in [1.54, 1.807) is 0 Å². The fourth-order valence-electron chi connectivity index (χ4n) is 3.49. The number of fused-ring (bicyclic) bond motifs is 1. The standard InChI is InChI=1S/C17H28N2O2/c1-13(2)10-18-11-14-6-7-15(21-14)12-19-8-9-20-17-5-3-4-16(17)19/h6-7,13,16-18H,3-5,8-12H2,1-2H3. The van der Waals surface area contributed by atoms with Crippen LogP contribution >= 0.6 is 0 Å². The van der Waals surface area contributed by atoms with Crippen molar-refractivity contribution in [3.8, 4) is 0 Å². The molecule has 2 heterocycles. The summed E-state index contributed by atoms with van der Waals surface area (Å²) < 4.78 is 11.8. The maximum atomic E-state index is 5.97. The number of rotatable bonds is 6. The van der Waals surface area contributed by atoms with E-state index in [1.807, 2.05) is 0 Å². The summed E-state index contributed by atoms with van der Waals surface area (Å²) in [6, 6.07) is 4.84. The van der Waals surface area contributed by atoms with Crippen molar-refractivity contribution < 1.29 is 9.15 Å². The van der Waals surface area contributed by atoms with Gasteiger partial charge >= 0.3 is 0 Å². The third-order valence-corrected chi connectivity index (χ3v) is 4.53. The lowest BCUT2D eigenvalue weighted by molar-refractivity contribution is -0.0607. The number of ether oxygens (including phenoxy) is 1. The van der Waals surface area contributed by atoms with Crippen molar-refractivity contribution in [2.75, 3.05) is 19.7 Å². The summed E-state index contributed by atoms with van der Waals surface area (Å²) in [7, 11) is 0. The van der Waals surface area contributed by atoms with Gasteiger partial charge in [-0.05, 0) is 43.9 Å². The maximum absolute atomic E-state index is 5.97. The molecule has 21 heavy (non-hydrogen) atoms. The molecular weight excluding hydrogens is 264 g/mol. The Labute approximate surface area is 127 Å². The molecule has 2 aliphatic rings. The Bertz CT molecular complexity index is 444. The minimum absolute atomic E-state index is 0.459. The second-order valence-electron chi connectivity index (χ2n) is 6.77. The highest BCUT2D eigenvalue weighted by Crippen LogP contribution is 2.30. The first-order chi connectivity index (χ1) is 10.2. The molecule has 1 aliphatic heterocycles. The molecular formula is C17H28N2O2. The summed E-state index contributed by atoms with van der Waals surface area (Å²) in [4.78, 5) is 2.55. The van der Waals surface area contributed by atoms with Gasteiger partial charge in [0.15, 0.2) is 0 Å². The monoisotopic (exact) mass is 292 g/mol. The van der Waals surface area contributed by atoms with Gasteiger partial charge in [-0.3, -0.25) is 4.90 Å². The third kappa shape index (κ3) is 3.87. The first kappa shape index (κ1) is 15.1. The zero-order chi connectivity index (χ0) is 14.7. The van der Waals surface area contributed by atoms with E-state index in [0.29, 0.717) is 18.1 Å². The van der Waals surface area contributed by atoms with Gasteiger partial charge in [-0.25, -0.2) is 0 Å². The van der Waals surface area contributed by atoms with Crippen LogP contribution in [0.5, 0.6) is 0 Å². The van der Waals surface area contributed by atoms with Gasteiger partial charge in [-0.15, -0.1) is 0 Å². The second-order valence-corrected chi connectivity index (χ2v) is 6.77. The zero-order valence-electron chi connectivity index (χ0n) is 13.3. The van der Waals surface area contributed by atoms with Crippen molar-refractivity contribution in [3.05, 3.63) is 23.7 Å². The molecule has 4 nitrogen and oxygen atoms in total. The minimum Gasteiger partial charge on any atom is -0.463 e. The molecule has 2 atom stereocenters. The first-order valence-corrected chi connectivity index (χ1v) is 8.36. The Hall–Kier alpha value is -0.840. The Kier molecular flexibility index (Phi) is 4.99. The van der Waals surface area contributed by atoms with E-state index in [0.717, 1.165) is 44.3 Å². The van der Waals surface area contributed by atoms with E-state index >= 15 is 0 Å². The van der Waals surface area contributed by atoms with Crippen LogP contribution in [0.25, 0.3) is 0 Å². The number of morpholine rings is 1. The average molecular weight is 292 g/mol. The van der Waals surface area contributed by atoms with E-state index in [4.69, 9.17) is 9.15 Å². The smallest absolute Gasteiger partial charge is 0.118 e. The molecule has 0 radical (unpaired) electrons. The molecule has 0 bridgehead atoms. The second kappa shape index (κ2) is 6.95. The van der Waals surface area contributed by atoms with Crippen molar-refractivity contribution in [1.82, 2.24) is 10.2 Å². The van der Waals surface area contributed by atoms with Crippen LogP contribution in [0.15, 0.2) is 16.5 Å². The van der Waals surface area contributed by atoms with Crippen LogP contribution < -0.4 is 5.32 Å². The highest BCUT2D eigenvalue weighted by Gasteiger charge is 2.36. The van der Waals surface area contributed by atoms with Crippen LogP contribution in [0, 0.1) is 5.92 Å². The Morgan fingerprint density at radius 2 is 2.14 bits per heavy atom. The van der Waals surface area contributed by atoms with Gasteiger partial charge in [-0.1, -0.05) is 13.8 Å². The zero-order valence-corrected chi connectivity index (χ0v) is 13.3. The summed E-state index contributed by atoms with van der Waals surface area (Å²) in [5, 5.41) is 3.43. The van der Waals surface area contributed by atoms with Crippen LogP contribution in [0.3, 0.4) is 0 Å². The van der Waals surface area contributed by atoms with Crippen molar-refractivity contribution in [3.63, 3.8) is 0 Å². The molecule has 0 amide bonds. The topological polar surface area (TPSA) is 37.6 Å². The number of nitrogens with one attached hydrogen (secondary N) is 1. The van der Waals surface area contributed by atoms with Crippen LogP contribution in [0.1, 0.15) is 44.6 Å². The third-order valence-electron chi connectivity index (χ3n) is 4.53. The van der Waals surface area contributed by atoms with Gasteiger partial charge in [0.2, 0.25) is 0 Å². The largest absolute Gasteiger partial charge is 0.463 e. The SMILES string of the molecule is CC(C)CNCc1ccc(CN2CCOC3CCCC32)o1. The van der Waals surface area contributed by atoms with E-state index in [-0.39, 0.29) is 0 Å². The minimum atomic E-state index is 0.459. The number of furan rings is 1. The lowest BCUT2D eigenvalue weighted by atomic mass is 10.1. The molecule has 1 aromatic rings. The number of nitrogens with zero attached hydrogens (tertiary/aromatic N) is 1. The molecule has 2 fully saturated rings. The molecule has 0 aromatic carbocycles. The average Bonchev–Trinajstić information content (AvgIpc) is 3.08. The van der Waals surface area contributed by atoms with Gasteiger partial charge in [0.25, 0.3) is 0 Å². The number of hydrogen-bond donors (Lipinski definition) is 1. The predicted octanol–water partition coefficient (Wildman–Crippen LogP) is 2.78. The number of hydrogen-bond acceptors (Lipinski definition) is 4. The Morgan fingerprint density at radius 1 is 1.29 bits per heavy atom. The first-order valence-electron chi connectivity index (χ1n) is 8.36. The summed E-state index contributed by atoms with van der Waals surface area (Å²) in [6.07, 6.45) is 4.26. The lowest BCUT2D eigenvalue weighted by Crippen LogP contribution is -2.47. The van der Waals surface area contributed by atoms with E-state index in [9.17, 15) is 0 Å². The molecule has 1 saturated carbocycles. The lowest BCUT2D eigenvalue weighted by Gasteiger charge is -2.37. The molecule has 1 aliphatic carbocycles. The normalized spacial score (nSPS) is 26.4. The Balaban J connectivity index is 1.52. The summed E-state index contributed by atoms with van der Waals surface area (Å²) in [6.45, 7) is 9.12. The fraction of sp³-hybridized carbons (Fsp3) is 0.765. The van der Waals surface area contributed by atoms with Crippen LogP contribution in [0.2, 0.25) is 0 Å². The molecule has 118 valence electrons. The highest BCUT2D eigenvalue weighted by atomic mass is 16.5. The van der Waals surface area contributed by atoms with Crippen molar-refractivity contribution in [1.29, 1.82) is 0 Å². The van der Waals surface area contributed by atoms with Crippen molar-refractivity contribution >= 4 is 0 Å². The maximum Gasteiger partial charge on any atom is 0.118 e. The molecule has 1 aromatic heterocycles. The molecule has 4 heteroatoms. The molecule has 0 spiro atoms. The Morgan fingerprint density at radius 3 is 3.00 bits per heavy atom. The van der Waals surface area contributed by atoms with Gasteiger partial charge in [0.05, 0.1) is 25.8 Å². The van der Waals surface area contributed by atoms with Gasteiger partial charge in [0.1, 0.15) is 11.5 Å². The molecule has 1 N–H and O–H groups in total. The summed E-state index contributed by atoms with van der Waals surface area (Å²) in [5.41, 5.74) is 0.